The number of halogens is 1. The monoisotopic (exact) mass is 193 g/mol. The second-order valence-corrected chi connectivity index (χ2v) is 3.18. The number of hydrogen-bond acceptors (Lipinski definition) is 3. The Labute approximate surface area is 81.1 Å². The molecule has 1 aliphatic rings. The molecule has 1 atom stereocenters. The number of nitrogens with one attached hydrogen (secondary N) is 1. The molecule has 0 bridgehead atoms. The summed E-state index contributed by atoms with van der Waals surface area (Å²) in [5.74, 6) is 0. The molecule has 0 aromatic rings. The predicted molar refractivity (Wildman–Crippen MR) is 54.8 cm³/mol. The Bertz CT molecular complexity index is 98.5. The van der Waals surface area contributed by atoms with Gasteiger partial charge >= 0.3 is 0 Å². The molecule has 3 nitrogen and oxygen atoms in total. The average molecular weight is 194 g/mol. The minimum atomic E-state index is 0. The van der Waals surface area contributed by atoms with Gasteiger partial charge in [0.25, 0.3) is 0 Å². The maximum absolute atomic E-state index is 5.50. The molecule has 74 valence electrons. The van der Waals surface area contributed by atoms with E-state index in [0.717, 1.165) is 25.7 Å². The summed E-state index contributed by atoms with van der Waals surface area (Å²) in [7, 11) is 2.01. The van der Waals surface area contributed by atoms with E-state index in [1.54, 1.807) is 0 Å². The third kappa shape index (κ3) is 3.27. The third-order valence-corrected chi connectivity index (χ3v) is 2.36. The van der Waals surface area contributed by atoms with Crippen LogP contribution in [0.25, 0.3) is 0 Å². The fraction of sp³-hybridized carbons (Fsp3) is 1.00. The molecule has 1 aliphatic heterocycles. The molecule has 12 heavy (non-hydrogen) atoms. The topological polar surface area (TPSA) is 41.3 Å². The Morgan fingerprint density at radius 2 is 2.33 bits per heavy atom. The van der Waals surface area contributed by atoms with E-state index in [1.165, 1.54) is 19.4 Å². The van der Waals surface area contributed by atoms with Crippen molar-refractivity contribution < 1.29 is 0 Å². The second kappa shape index (κ2) is 6.66. The van der Waals surface area contributed by atoms with E-state index in [2.05, 4.69) is 10.2 Å². The van der Waals surface area contributed by atoms with Gasteiger partial charge in [0, 0.05) is 25.7 Å². The zero-order chi connectivity index (χ0) is 8.10. The van der Waals surface area contributed by atoms with Crippen LogP contribution in [-0.2, 0) is 0 Å². The minimum Gasteiger partial charge on any atom is -0.329 e. The summed E-state index contributed by atoms with van der Waals surface area (Å²) in [6, 6.07) is 0.739. The standard InChI is InChI=1S/C8H19N3.ClH/c1-10-7-8-3-2-5-11(8)6-4-9;/h8,10H,2-7,9H2,1H3;1H. The molecule has 0 aromatic heterocycles. The maximum Gasteiger partial charge on any atom is 0.0221 e. The van der Waals surface area contributed by atoms with E-state index in [0.29, 0.717) is 0 Å². The van der Waals surface area contributed by atoms with Gasteiger partial charge in [-0.15, -0.1) is 12.4 Å². The zero-order valence-corrected chi connectivity index (χ0v) is 8.57. The summed E-state index contributed by atoms with van der Waals surface area (Å²) in [5.41, 5.74) is 5.50. The van der Waals surface area contributed by atoms with Crippen molar-refractivity contribution in [3.63, 3.8) is 0 Å². The highest BCUT2D eigenvalue weighted by atomic mass is 35.5. The first-order valence-electron chi connectivity index (χ1n) is 4.47. The lowest BCUT2D eigenvalue weighted by Crippen LogP contribution is -2.39. The van der Waals surface area contributed by atoms with E-state index in [9.17, 15) is 0 Å². The molecular formula is C8H20ClN3. The van der Waals surface area contributed by atoms with Crippen molar-refractivity contribution in [1.82, 2.24) is 10.2 Å². The van der Waals surface area contributed by atoms with Crippen molar-refractivity contribution in [2.45, 2.75) is 18.9 Å². The van der Waals surface area contributed by atoms with Crippen LogP contribution in [-0.4, -0.2) is 44.2 Å². The number of likely N-dealkylation sites (tertiary alicyclic amines) is 1. The molecule has 3 N–H and O–H groups in total. The van der Waals surface area contributed by atoms with Crippen LogP contribution >= 0.6 is 12.4 Å². The number of nitrogens with two attached hydrogens (primary N) is 1. The highest BCUT2D eigenvalue weighted by Gasteiger charge is 2.22. The van der Waals surface area contributed by atoms with Crippen molar-refractivity contribution in [1.29, 1.82) is 0 Å². The number of nitrogens with zero attached hydrogens (tertiary/aromatic N) is 1. The fourth-order valence-corrected chi connectivity index (χ4v) is 1.82. The highest BCUT2D eigenvalue weighted by molar-refractivity contribution is 5.85. The lowest BCUT2D eigenvalue weighted by molar-refractivity contribution is 0.257. The van der Waals surface area contributed by atoms with Gasteiger partial charge < -0.3 is 11.1 Å². The van der Waals surface area contributed by atoms with Crippen LogP contribution in [0.15, 0.2) is 0 Å². The summed E-state index contributed by atoms with van der Waals surface area (Å²) in [6.45, 7) is 4.20. The largest absolute Gasteiger partial charge is 0.329 e. The third-order valence-electron chi connectivity index (χ3n) is 2.36. The van der Waals surface area contributed by atoms with Crippen molar-refractivity contribution in [2.24, 2.45) is 5.73 Å². The molecule has 0 aliphatic carbocycles. The normalized spacial score (nSPS) is 24.0. The fourth-order valence-electron chi connectivity index (χ4n) is 1.82. The lowest BCUT2D eigenvalue weighted by atomic mass is 10.2. The summed E-state index contributed by atoms with van der Waals surface area (Å²) < 4.78 is 0. The van der Waals surface area contributed by atoms with Gasteiger partial charge in [0.2, 0.25) is 0 Å². The zero-order valence-electron chi connectivity index (χ0n) is 7.75. The van der Waals surface area contributed by atoms with E-state index in [1.807, 2.05) is 7.05 Å². The Kier molecular flexibility index (Phi) is 6.76. The summed E-state index contributed by atoms with van der Waals surface area (Å²) in [6.07, 6.45) is 2.67. The molecule has 1 fully saturated rings. The molecule has 0 aromatic carbocycles. The Hall–Kier alpha value is 0.170. The molecule has 0 radical (unpaired) electrons. The van der Waals surface area contributed by atoms with Gasteiger partial charge in [-0.3, -0.25) is 4.90 Å². The van der Waals surface area contributed by atoms with Crippen molar-refractivity contribution in [3.8, 4) is 0 Å². The van der Waals surface area contributed by atoms with E-state index in [-0.39, 0.29) is 12.4 Å². The van der Waals surface area contributed by atoms with Crippen molar-refractivity contribution in [2.75, 3.05) is 33.2 Å². The molecule has 1 saturated heterocycles. The summed E-state index contributed by atoms with van der Waals surface area (Å²) >= 11 is 0. The molecule has 1 unspecified atom stereocenters. The molecule has 1 heterocycles. The second-order valence-electron chi connectivity index (χ2n) is 3.18. The van der Waals surface area contributed by atoms with E-state index < -0.39 is 0 Å². The van der Waals surface area contributed by atoms with Crippen LogP contribution in [0.3, 0.4) is 0 Å². The van der Waals surface area contributed by atoms with Crippen molar-refractivity contribution >= 4 is 12.4 Å². The van der Waals surface area contributed by atoms with Crippen LogP contribution in [0.5, 0.6) is 0 Å². The van der Waals surface area contributed by atoms with Crippen LogP contribution in [0.1, 0.15) is 12.8 Å². The van der Waals surface area contributed by atoms with Crippen LogP contribution in [0, 0.1) is 0 Å². The van der Waals surface area contributed by atoms with Crippen LogP contribution in [0.2, 0.25) is 0 Å². The van der Waals surface area contributed by atoms with Gasteiger partial charge in [-0.25, -0.2) is 0 Å². The van der Waals surface area contributed by atoms with Gasteiger partial charge in [0.05, 0.1) is 0 Å². The van der Waals surface area contributed by atoms with Gasteiger partial charge in [0.15, 0.2) is 0 Å². The van der Waals surface area contributed by atoms with Crippen LogP contribution in [0.4, 0.5) is 0 Å². The predicted octanol–water partition coefficient (Wildman–Crippen LogP) is 0.0507. The van der Waals surface area contributed by atoms with Crippen molar-refractivity contribution in [3.05, 3.63) is 0 Å². The van der Waals surface area contributed by atoms with E-state index in [4.69, 9.17) is 5.73 Å². The smallest absolute Gasteiger partial charge is 0.0221 e. The van der Waals surface area contributed by atoms with Crippen LogP contribution < -0.4 is 11.1 Å². The highest BCUT2D eigenvalue weighted by Crippen LogP contribution is 2.14. The molecular weight excluding hydrogens is 174 g/mol. The molecule has 0 amide bonds. The van der Waals surface area contributed by atoms with Gasteiger partial charge in [0.1, 0.15) is 0 Å². The Morgan fingerprint density at radius 3 is 2.92 bits per heavy atom. The number of hydrogen-bond donors (Lipinski definition) is 2. The summed E-state index contributed by atoms with van der Waals surface area (Å²) in [5, 5.41) is 3.22. The first kappa shape index (κ1) is 12.2. The summed E-state index contributed by atoms with van der Waals surface area (Å²) in [4.78, 5) is 2.48. The van der Waals surface area contributed by atoms with Gasteiger partial charge in [-0.2, -0.15) is 0 Å². The molecule has 1 rings (SSSR count). The van der Waals surface area contributed by atoms with Gasteiger partial charge in [-0.1, -0.05) is 0 Å². The Morgan fingerprint density at radius 1 is 1.58 bits per heavy atom. The minimum absolute atomic E-state index is 0. The lowest BCUT2D eigenvalue weighted by Gasteiger charge is -2.23. The number of rotatable bonds is 4. The first-order chi connectivity index (χ1) is 5.38. The number of likely N-dealkylation sites (N-methyl/N-ethyl adjacent to an activating group) is 1. The maximum atomic E-state index is 5.50. The first-order valence-corrected chi connectivity index (χ1v) is 4.47. The quantitative estimate of drug-likeness (QED) is 0.663. The van der Waals surface area contributed by atoms with Gasteiger partial charge in [-0.05, 0) is 26.4 Å². The Balaban J connectivity index is 0.00000121. The average Bonchev–Trinajstić information content (AvgIpc) is 2.39. The molecule has 4 heteroatoms. The van der Waals surface area contributed by atoms with E-state index >= 15 is 0 Å². The molecule has 0 spiro atoms. The SMILES string of the molecule is CNCC1CCCN1CCN.Cl. The molecule has 0 saturated carbocycles.